The molecule has 0 aliphatic carbocycles. The van der Waals surface area contributed by atoms with E-state index in [0.29, 0.717) is 24.1 Å². The Kier molecular flexibility index (Phi) is 4.18. The maximum Gasteiger partial charge on any atom is 0.244 e. The Labute approximate surface area is 113 Å². The fraction of sp³-hybridized carbons (Fsp3) is 0.727. The molecule has 1 atom stereocenters. The SMILES string of the molecule is CC(C)CNc1cnnc(NC2CCS(=O)(=O)C2)n1. The van der Waals surface area contributed by atoms with E-state index in [4.69, 9.17) is 0 Å². The molecule has 0 spiro atoms. The molecule has 7 nitrogen and oxygen atoms in total. The van der Waals surface area contributed by atoms with Crippen LogP contribution in [0.25, 0.3) is 0 Å². The molecular formula is C11H19N5O2S. The van der Waals surface area contributed by atoms with Gasteiger partial charge < -0.3 is 10.6 Å². The first kappa shape index (κ1) is 14.0. The Balaban J connectivity index is 1.95. The van der Waals surface area contributed by atoms with E-state index >= 15 is 0 Å². The zero-order chi connectivity index (χ0) is 13.9. The molecule has 1 aliphatic rings. The Hall–Kier alpha value is -1.44. The molecule has 1 aromatic rings. The highest BCUT2D eigenvalue weighted by atomic mass is 32.2. The molecule has 0 amide bonds. The number of hydrogen-bond acceptors (Lipinski definition) is 7. The highest BCUT2D eigenvalue weighted by Gasteiger charge is 2.28. The first-order valence-electron chi connectivity index (χ1n) is 6.35. The van der Waals surface area contributed by atoms with E-state index in [1.165, 1.54) is 0 Å². The van der Waals surface area contributed by atoms with Crippen molar-refractivity contribution in [2.24, 2.45) is 5.92 Å². The number of sulfone groups is 1. The molecule has 1 fully saturated rings. The van der Waals surface area contributed by atoms with Crippen LogP contribution in [0.15, 0.2) is 6.20 Å². The summed E-state index contributed by atoms with van der Waals surface area (Å²) in [5, 5.41) is 13.9. The fourth-order valence-corrected chi connectivity index (χ4v) is 3.52. The van der Waals surface area contributed by atoms with E-state index in [1.54, 1.807) is 6.20 Å². The van der Waals surface area contributed by atoms with Gasteiger partial charge in [-0.05, 0) is 12.3 Å². The first-order chi connectivity index (χ1) is 8.94. The number of nitrogens with one attached hydrogen (secondary N) is 2. The predicted octanol–water partition coefficient (Wildman–Crippen LogP) is 0.538. The molecule has 2 heterocycles. The standard InChI is InChI=1S/C11H19N5O2S/c1-8(2)5-12-10-6-13-16-11(15-10)14-9-3-4-19(17,18)7-9/h6,8-9H,3-5,7H2,1-2H3,(H2,12,14,15,16). The molecule has 0 bridgehead atoms. The molecule has 1 aromatic heterocycles. The summed E-state index contributed by atoms with van der Waals surface area (Å²) in [4.78, 5) is 4.27. The van der Waals surface area contributed by atoms with Gasteiger partial charge in [-0.3, -0.25) is 0 Å². The van der Waals surface area contributed by atoms with Crippen LogP contribution >= 0.6 is 0 Å². The van der Waals surface area contributed by atoms with Crippen molar-refractivity contribution in [3.05, 3.63) is 6.20 Å². The van der Waals surface area contributed by atoms with Crippen LogP contribution in [0.2, 0.25) is 0 Å². The predicted molar refractivity (Wildman–Crippen MR) is 73.8 cm³/mol. The van der Waals surface area contributed by atoms with E-state index in [0.717, 1.165) is 6.54 Å². The lowest BCUT2D eigenvalue weighted by molar-refractivity contribution is 0.602. The second-order valence-electron chi connectivity index (χ2n) is 5.18. The summed E-state index contributed by atoms with van der Waals surface area (Å²) in [6.45, 7) is 5.00. The van der Waals surface area contributed by atoms with Gasteiger partial charge in [0.2, 0.25) is 5.95 Å². The third-order valence-electron chi connectivity index (χ3n) is 2.82. The van der Waals surface area contributed by atoms with Gasteiger partial charge in [-0.2, -0.15) is 10.1 Å². The van der Waals surface area contributed by atoms with Crippen LogP contribution in [0.3, 0.4) is 0 Å². The molecule has 1 aliphatic heterocycles. The summed E-state index contributed by atoms with van der Waals surface area (Å²) in [5.41, 5.74) is 0. The average Bonchev–Trinajstić information content (AvgIpc) is 2.66. The maximum absolute atomic E-state index is 11.4. The fourth-order valence-electron chi connectivity index (χ4n) is 1.85. The van der Waals surface area contributed by atoms with Crippen LogP contribution < -0.4 is 10.6 Å². The molecule has 1 saturated heterocycles. The van der Waals surface area contributed by atoms with Gasteiger partial charge in [0.1, 0.15) is 0 Å². The van der Waals surface area contributed by atoms with E-state index in [-0.39, 0.29) is 17.5 Å². The van der Waals surface area contributed by atoms with E-state index in [2.05, 4.69) is 39.7 Å². The third kappa shape index (κ3) is 4.30. The van der Waals surface area contributed by atoms with Crippen LogP contribution in [-0.4, -0.2) is 47.7 Å². The number of nitrogens with zero attached hydrogens (tertiary/aromatic N) is 3. The second kappa shape index (κ2) is 5.68. The average molecular weight is 285 g/mol. The lowest BCUT2D eigenvalue weighted by Crippen LogP contribution is -2.22. The van der Waals surface area contributed by atoms with Gasteiger partial charge in [-0.25, -0.2) is 8.42 Å². The molecule has 1 unspecified atom stereocenters. The Morgan fingerprint density at radius 2 is 2.26 bits per heavy atom. The first-order valence-corrected chi connectivity index (χ1v) is 8.17. The van der Waals surface area contributed by atoms with Gasteiger partial charge in [0, 0.05) is 12.6 Å². The number of aromatic nitrogens is 3. The topological polar surface area (TPSA) is 96.9 Å². The van der Waals surface area contributed by atoms with E-state index in [1.807, 2.05) is 0 Å². The molecule has 19 heavy (non-hydrogen) atoms. The molecule has 2 N–H and O–H groups in total. The van der Waals surface area contributed by atoms with Gasteiger partial charge in [-0.1, -0.05) is 13.8 Å². The lowest BCUT2D eigenvalue weighted by atomic mass is 10.2. The highest BCUT2D eigenvalue weighted by Crippen LogP contribution is 2.15. The van der Waals surface area contributed by atoms with Crippen molar-refractivity contribution in [2.45, 2.75) is 26.3 Å². The largest absolute Gasteiger partial charge is 0.368 e. The van der Waals surface area contributed by atoms with Crippen molar-refractivity contribution in [3.63, 3.8) is 0 Å². The van der Waals surface area contributed by atoms with Crippen LogP contribution in [0.5, 0.6) is 0 Å². The summed E-state index contributed by atoms with van der Waals surface area (Å²) in [7, 11) is -2.90. The van der Waals surface area contributed by atoms with Gasteiger partial charge in [0.25, 0.3) is 0 Å². The molecule has 8 heteroatoms. The molecule has 0 saturated carbocycles. The van der Waals surface area contributed by atoms with Crippen molar-refractivity contribution in [2.75, 3.05) is 28.7 Å². The third-order valence-corrected chi connectivity index (χ3v) is 4.58. The van der Waals surface area contributed by atoms with Crippen LogP contribution in [0.1, 0.15) is 20.3 Å². The zero-order valence-electron chi connectivity index (χ0n) is 11.1. The summed E-state index contributed by atoms with van der Waals surface area (Å²) < 4.78 is 22.7. The van der Waals surface area contributed by atoms with E-state index in [9.17, 15) is 8.42 Å². The molecule has 0 radical (unpaired) electrons. The van der Waals surface area contributed by atoms with Crippen LogP contribution in [0, 0.1) is 5.92 Å². The summed E-state index contributed by atoms with van der Waals surface area (Å²) >= 11 is 0. The van der Waals surface area contributed by atoms with Crippen molar-refractivity contribution in [1.29, 1.82) is 0 Å². The minimum atomic E-state index is -2.90. The van der Waals surface area contributed by atoms with Crippen LogP contribution in [0.4, 0.5) is 11.8 Å². The van der Waals surface area contributed by atoms with E-state index < -0.39 is 9.84 Å². The minimum absolute atomic E-state index is 0.118. The minimum Gasteiger partial charge on any atom is -0.368 e. The lowest BCUT2D eigenvalue weighted by Gasteiger charge is -2.11. The quantitative estimate of drug-likeness (QED) is 0.814. The molecular weight excluding hydrogens is 266 g/mol. The zero-order valence-corrected chi connectivity index (χ0v) is 11.9. The molecule has 0 aromatic carbocycles. The smallest absolute Gasteiger partial charge is 0.244 e. The second-order valence-corrected chi connectivity index (χ2v) is 7.41. The number of rotatable bonds is 5. The monoisotopic (exact) mass is 285 g/mol. The Bertz CT molecular complexity index is 532. The van der Waals surface area contributed by atoms with Crippen molar-refractivity contribution in [3.8, 4) is 0 Å². The Morgan fingerprint density at radius 3 is 2.89 bits per heavy atom. The normalized spacial score (nSPS) is 21.5. The summed E-state index contributed by atoms with van der Waals surface area (Å²) in [6.07, 6.45) is 2.15. The van der Waals surface area contributed by atoms with Gasteiger partial charge in [0.15, 0.2) is 15.7 Å². The number of anilines is 2. The van der Waals surface area contributed by atoms with Crippen molar-refractivity contribution in [1.82, 2.24) is 15.2 Å². The maximum atomic E-state index is 11.4. The Morgan fingerprint density at radius 1 is 1.47 bits per heavy atom. The van der Waals surface area contributed by atoms with Crippen LogP contribution in [-0.2, 0) is 9.84 Å². The van der Waals surface area contributed by atoms with Crippen molar-refractivity contribution < 1.29 is 8.42 Å². The summed E-state index contributed by atoms with van der Waals surface area (Å²) in [5.74, 6) is 1.89. The van der Waals surface area contributed by atoms with Gasteiger partial charge >= 0.3 is 0 Å². The number of hydrogen-bond donors (Lipinski definition) is 2. The van der Waals surface area contributed by atoms with Gasteiger partial charge in [-0.15, -0.1) is 5.10 Å². The van der Waals surface area contributed by atoms with Crippen molar-refractivity contribution >= 4 is 21.6 Å². The highest BCUT2D eigenvalue weighted by molar-refractivity contribution is 7.91. The molecule has 106 valence electrons. The molecule has 2 rings (SSSR count). The summed E-state index contributed by atoms with van der Waals surface area (Å²) in [6, 6.07) is -0.118. The van der Waals surface area contributed by atoms with Gasteiger partial charge in [0.05, 0.1) is 17.7 Å².